The molecule has 112 valence electrons. The molecule has 1 heterocycles. The number of nitro groups is 1. The fraction of sp³-hybridized carbons (Fsp3) is 0.167. The predicted octanol–water partition coefficient (Wildman–Crippen LogP) is 2.18. The van der Waals surface area contributed by atoms with Gasteiger partial charge in [-0.3, -0.25) is 10.1 Å². The van der Waals surface area contributed by atoms with Gasteiger partial charge in [0.1, 0.15) is 4.21 Å². The van der Waals surface area contributed by atoms with Gasteiger partial charge in [-0.05, 0) is 5.56 Å². The third-order valence-electron chi connectivity index (χ3n) is 2.69. The van der Waals surface area contributed by atoms with Crippen LogP contribution >= 0.6 is 11.3 Å². The second-order valence-corrected chi connectivity index (χ2v) is 7.14. The molecule has 0 atom stereocenters. The van der Waals surface area contributed by atoms with Crippen LogP contribution in [-0.2, 0) is 16.6 Å². The minimum atomic E-state index is -3.78. The lowest BCUT2D eigenvalue weighted by Crippen LogP contribution is -2.22. The molecule has 0 bridgehead atoms. The van der Waals surface area contributed by atoms with E-state index in [2.05, 4.69) is 10.0 Å². The van der Waals surface area contributed by atoms with Crippen molar-refractivity contribution in [1.29, 1.82) is 0 Å². The maximum atomic E-state index is 12.2. The maximum absolute atomic E-state index is 12.2. The summed E-state index contributed by atoms with van der Waals surface area (Å²) in [4.78, 5) is 10.2. The van der Waals surface area contributed by atoms with Crippen molar-refractivity contribution in [2.24, 2.45) is 0 Å². The van der Waals surface area contributed by atoms with Gasteiger partial charge in [-0.25, -0.2) is 13.1 Å². The number of sulfonamides is 1. The molecule has 2 N–H and O–H groups in total. The molecule has 0 saturated carbocycles. The van der Waals surface area contributed by atoms with E-state index < -0.39 is 14.9 Å². The van der Waals surface area contributed by atoms with Crippen molar-refractivity contribution in [3.63, 3.8) is 0 Å². The molecule has 7 nitrogen and oxygen atoms in total. The van der Waals surface area contributed by atoms with Crippen LogP contribution < -0.4 is 10.0 Å². The fourth-order valence-electron chi connectivity index (χ4n) is 1.65. The monoisotopic (exact) mass is 327 g/mol. The Balaban J connectivity index is 2.22. The topological polar surface area (TPSA) is 101 Å². The molecule has 2 aromatic rings. The zero-order valence-corrected chi connectivity index (χ0v) is 12.7. The first-order valence-electron chi connectivity index (χ1n) is 5.93. The average Bonchev–Trinajstić information content (AvgIpc) is 2.92. The molecule has 9 heteroatoms. The molecular formula is C12H13N3O4S2. The van der Waals surface area contributed by atoms with Gasteiger partial charge in [0.25, 0.3) is 10.0 Å². The molecule has 0 unspecified atom stereocenters. The second kappa shape index (κ2) is 6.20. The smallest absolute Gasteiger partial charge is 0.304 e. The van der Waals surface area contributed by atoms with Gasteiger partial charge in [-0.15, -0.1) is 0 Å². The SMILES string of the molecule is CNc1sc(S(=O)(=O)NCc2ccccc2)cc1[N+](=O)[O-]. The summed E-state index contributed by atoms with van der Waals surface area (Å²) >= 11 is 0.827. The number of hydrogen-bond acceptors (Lipinski definition) is 6. The molecule has 0 saturated heterocycles. The maximum Gasteiger partial charge on any atom is 0.304 e. The predicted molar refractivity (Wildman–Crippen MR) is 81.0 cm³/mol. The normalized spacial score (nSPS) is 11.3. The molecule has 1 aromatic carbocycles. The summed E-state index contributed by atoms with van der Waals surface area (Å²) in [5, 5.41) is 13.7. The third-order valence-corrected chi connectivity index (χ3v) is 5.70. The van der Waals surface area contributed by atoms with Crippen molar-refractivity contribution in [2.75, 3.05) is 12.4 Å². The van der Waals surface area contributed by atoms with Crippen LogP contribution in [0, 0.1) is 10.1 Å². The Hall–Kier alpha value is -1.97. The van der Waals surface area contributed by atoms with Gasteiger partial charge in [0.15, 0.2) is 5.00 Å². The summed E-state index contributed by atoms with van der Waals surface area (Å²) in [5.41, 5.74) is 0.559. The zero-order chi connectivity index (χ0) is 15.5. The van der Waals surface area contributed by atoms with Gasteiger partial charge in [-0.1, -0.05) is 41.7 Å². The first-order chi connectivity index (χ1) is 9.94. The highest BCUT2D eigenvalue weighted by molar-refractivity contribution is 7.91. The van der Waals surface area contributed by atoms with Gasteiger partial charge >= 0.3 is 5.69 Å². The van der Waals surface area contributed by atoms with E-state index in [1.54, 1.807) is 24.3 Å². The molecule has 1 aromatic heterocycles. The lowest BCUT2D eigenvalue weighted by molar-refractivity contribution is -0.383. The average molecular weight is 327 g/mol. The van der Waals surface area contributed by atoms with E-state index in [9.17, 15) is 18.5 Å². The highest BCUT2D eigenvalue weighted by Gasteiger charge is 2.25. The van der Waals surface area contributed by atoms with Crippen molar-refractivity contribution < 1.29 is 13.3 Å². The third kappa shape index (κ3) is 3.57. The Morgan fingerprint density at radius 1 is 1.29 bits per heavy atom. The Kier molecular flexibility index (Phi) is 4.56. The van der Waals surface area contributed by atoms with E-state index in [1.807, 2.05) is 6.07 Å². The molecule has 0 aliphatic heterocycles. The Labute approximate surface area is 125 Å². The van der Waals surface area contributed by atoms with Crippen LogP contribution in [0.15, 0.2) is 40.6 Å². The summed E-state index contributed by atoms with van der Waals surface area (Å²) in [6.07, 6.45) is 0. The Morgan fingerprint density at radius 3 is 2.48 bits per heavy atom. The van der Waals surface area contributed by atoms with Crippen LogP contribution in [0.4, 0.5) is 10.7 Å². The van der Waals surface area contributed by atoms with Crippen LogP contribution in [0.25, 0.3) is 0 Å². The van der Waals surface area contributed by atoms with Crippen molar-refractivity contribution in [3.8, 4) is 0 Å². The first kappa shape index (κ1) is 15.4. The zero-order valence-electron chi connectivity index (χ0n) is 11.1. The number of benzene rings is 1. The van der Waals surface area contributed by atoms with E-state index >= 15 is 0 Å². The first-order valence-corrected chi connectivity index (χ1v) is 8.23. The molecule has 21 heavy (non-hydrogen) atoms. The minimum absolute atomic E-state index is 0.0884. The summed E-state index contributed by atoms with van der Waals surface area (Å²) in [5.74, 6) is 0. The number of thiophene rings is 1. The number of rotatable bonds is 6. The van der Waals surface area contributed by atoms with Gasteiger partial charge in [0.05, 0.1) is 4.92 Å². The van der Waals surface area contributed by atoms with Crippen molar-refractivity contribution in [2.45, 2.75) is 10.8 Å². The summed E-state index contributed by atoms with van der Waals surface area (Å²) in [6, 6.07) is 10.1. The molecule has 0 radical (unpaired) electrons. The molecule has 2 rings (SSSR count). The van der Waals surface area contributed by atoms with Gasteiger partial charge in [-0.2, -0.15) is 0 Å². The standard InChI is InChI=1S/C12H13N3O4S2/c1-13-12-10(15(16)17)7-11(20-12)21(18,19)14-8-9-5-3-2-4-6-9/h2-7,13-14H,8H2,1H3. The van der Waals surface area contributed by atoms with E-state index in [1.165, 1.54) is 7.05 Å². The summed E-state index contributed by atoms with van der Waals surface area (Å²) in [6.45, 7) is 0.129. The minimum Gasteiger partial charge on any atom is -0.374 e. The lowest BCUT2D eigenvalue weighted by Gasteiger charge is -2.04. The van der Waals surface area contributed by atoms with Crippen LogP contribution in [0.3, 0.4) is 0 Å². The Bertz CT molecular complexity index is 741. The summed E-state index contributed by atoms with van der Waals surface area (Å²) < 4.78 is 26.7. The van der Waals surface area contributed by atoms with Crippen LogP contribution in [-0.4, -0.2) is 20.4 Å². The van der Waals surface area contributed by atoms with Gasteiger partial charge in [0.2, 0.25) is 0 Å². The highest BCUT2D eigenvalue weighted by atomic mass is 32.2. The van der Waals surface area contributed by atoms with Crippen molar-refractivity contribution >= 4 is 32.0 Å². The van der Waals surface area contributed by atoms with E-state index in [0.717, 1.165) is 23.0 Å². The molecular weight excluding hydrogens is 314 g/mol. The van der Waals surface area contributed by atoms with Crippen molar-refractivity contribution in [3.05, 3.63) is 52.1 Å². The van der Waals surface area contributed by atoms with Crippen LogP contribution in [0.2, 0.25) is 0 Å². The molecule has 0 spiro atoms. The number of nitrogens with zero attached hydrogens (tertiary/aromatic N) is 1. The highest BCUT2D eigenvalue weighted by Crippen LogP contribution is 2.36. The number of nitrogens with one attached hydrogen (secondary N) is 2. The van der Waals surface area contributed by atoms with E-state index in [0.29, 0.717) is 0 Å². The lowest BCUT2D eigenvalue weighted by atomic mass is 10.2. The van der Waals surface area contributed by atoms with Gasteiger partial charge < -0.3 is 5.32 Å². The second-order valence-electron chi connectivity index (χ2n) is 4.10. The van der Waals surface area contributed by atoms with Crippen molar-refractivity contribution in [1.82, 2.24) is 4.72 Å². The quantitative estimate of drug-likeness (QED) is 0.625. The number of anilines is 1. The number of hydrogen-bond donors (Lipinski definition) is 2. The molecule has 0 aliphatic rings. The fourth-order valence-corrected chi connectivity index (χ4v) is 4.00. The summed E-state index contributed by atoms with van der Waals surface area (Å²) in [7, 11) is -2.27. The van der Waals surface area contributed by atoms with E-state index in [-0.39, 0.29) is 21.4 Å². The van der Waals surface area contributed by atoms with Gasteiger partial charge in [0, 0.05) is 19.7 Å². The molecule has 0 aliphatic carbocycles. The van der Waals surface area contributed by atoms with Crippen LogP contribution in [0.1, 0.15) is 5.56 Å². The molecule has 0 amide bonds. The molecule has 0 fully saturated rings. The van der Waals surface area contributed by atoms with E-state index in [4.69, 9.17) is 0 Å². The van der Waals surface area contributed by atoms with Crippen LogP contribution in [0.5, 0.6) is 0 Å². The largest absolute Gasteiger partial charge is 0.374 e. The Morgan fingerprint density at radius 2 is 1.95 bits per heavy atom.